The molecule has 4 rings (SSSR count). The maximum Gasteiger partial charge on any atom is 0.0753 e. The second-order valence-electron chi connectivity index (χ2n) is 6.08. The maximum atomic E-state index is 4.57. The Labute approximate surface area is 136 Å². The maximum absolute atomic E-state index is 4.57. The highest BCUT2D eigenvalue weighted by Crippen LogP contribution is 2.25. The van der Waals surface area contributed by atoms with Crippen LogP contribution in [0, 0.1) is 0 Å². The average Bonchev–Trinajstić information content (AvgIpc) is 3.09. The SMILES string of the molecule is c1ccc([C@H](N[C@@H]2CCc3[nH]ncc3C2)c2ccccn2)cc1. The fourth-order valence-corrected chi connectivity index (χ4v) is 3.34. The van der Waals surface area contributed by atoms with Gasteiger partial charge in [0.1, 0.15) is 0 Å². The van der Waals surface area contributed by atoms with Gasteiger partial charge in [0.25, 0.3) is 0 Å². The Hall–Kier alpha value is -2.46. The fourth-order valence-electron chi connectivity index (χ4n) is 3.34. The Kier molecular flexibility index (Phi) is 3.90. The van der Waals surface area contributed by atoms with Crippen molar-refractivity contribution in [1.29, 1.82) is 0 Å². The van der Waals surface area contributed by atoms with Gasteiger partial charge in [-0.05, 0) is 42.5 Å². The van der Waals surface area contributed by atoms with Crippen LogP contribution in [0.15, 0.2) is 60.9 Å². The molecule has 1 aliphatic rings. The predicted octanol–water partition coefficient (Wildman–Crippen LogP) is 3.04. The topological polar surface area (TPSA) is 53.6 Å². The summed E-state index contributed by atoms with van der Waals surface area (Å²) >= 11 is 0. The first-order valence-corrected chi connectivity index (χ1v) is 8.13. The van der Waals surface area contributed by atoms with Crippen molar-refractivity contribution in [3.63, 3.8) is 0 Å². The van der Waals surface area contributed by atoms with E-state index in [4.69, 9.17) is 0 Å². The van der Waals surface area contributed by atoms with Gasteiger partial charge in [-0.3, -0.25) is 10.1 Å². The van der Waals surface area contributed by atoms with Crippen molar-refractivity contribution in [2.75, 3.05) is 0 Å². The number of fused-ring (bicyclic) bond motifs is 1. The van der Waals surface area contributed by atoms with E-state index < -0.39 is 0 Å². The molecule has 0 amide bonds. The number of nitrogens with zero attached hydrogens (tertiary/aromatic N) is 2. The molecular formula is C19H20N4. The van der Waals surface area contributed by atoms with E-state index in [0.29, 0.717) is 6.04 Å². The minimum Gasteiger partial charge on any atom is -0.302 e. The molecular weight excluding hydrogens is 284 g/mol. The van der Waals surface area contributed by atoms with Gasteiger partial charge in [-0.1, -0.05) is 36.4 Å². The number of aromatic nitrogens is 3. The van der Waals surface area contributed by atoms with Crippen molar-refractivity contribution in [1.82, 2.24) is 20.5 Å². The van der Waals surface area contributed by atoms with E-state index >= 15 is 0 Å². The molecule has 1 aliphatic carbocycles. The van der Waals surface area contributed by atoms with Crippen LogP contribution in [0.4, 0.5) is 0 Å². The molecule has 0 radical (unpaired) electrons. The molecule has 23 heavy (non-hydrogen) atoms. The van der Waals surface area contributed by atoms with Gasteiger partial charge in [0.15, 0.2) is 0 Å². The van der Waals surface area contributed by atoms with Crippen LogP contribution < -0.4 is 5.32 Å². The molecule has 2 aromatic heterocycles. The first-order chi connectivity index (χ1) is 11.4. The zero-order valence-corrected chi connectivity index (χ0v) is 12.9. The Balaban J connectivity index is 1.59. The molecule has 0 saturated heterocycles. The number of benzene rings is 1. The van der Waals surface area contributed by atoms with E-state index in [2.05, 4.69) is 63.0 Å². The number of aryl methyl sites for hydroxylation is 1. The van der Waals surface area contributed by atoms with E-state index in [9.17, 15) is 0 Å². The molecule has 0 fully saturated rings. The lowest BCUT2D eigenvalue weighted by atomic mass is 9.91. The van der Waals surface area contributed by atoms with Crippen LogP contribution in [-0.2, 0) is 12.8 Å². The summed E-state index contributed by atoms with van der Waals surface area (Å²) in [5, 5.41) is 11.1. The van der Waals surface area contributed by atoms with Gasteiger partial charge in [-0.2, -0.15) is 5.10 Å². The van der Waals surface area contributed by atoms with Crippen LogP contribution in [-0.4, -0.2) is 21.2 Å². The van der Waals surface area contributed by atoms with Crippen molar-refractivity contribution in [3.8, 4) is 0 Å². The van der Waals surface area contributed by atoms with Crippen LogP contribution in [0.5, 0.6) is 0 Å². The number of hydrogen-bond acceptors (Lipinski definition) is 3. The number of nitrogens with one attached hydrogen (secondary N) is 2. The quantitative estimate of drug-likeness (QED) is 0.779. The third kappa shape index (κ3) is 3.03. The highest BCUT2D eigenvalue weighted by molar-refractivity contribution is 5.29. The zero-order chi connectivity index (χ0) is 15.5. The average molecular weight is 304 g/mol. The first kappa shape index (κ1) is 14.2. The number of rotatable bonds is 4. The van der Waals surface area contributed by atoms with Gasteiger partial charge >= 0.3 is 0 Å². The van der Waals surface area contributed by atoms with E-state index in [1.165, 1.54) is 16.8 Å². The molecule has 2 atom stereocenters. The number of hydrogen-bond donors (Lipinski definition) is 2. The molecule has 4 nitrogen and oxygen atoms in total. The minimum atomic E-state index is 0.121. The van der Waals surface area contributed by atoms with Crippen LogP contribution >= 0.6 is 0 Å². The van der Waals surface area contributed by atoms with Crippen LogP contribution in [0.3, 0.4) is 0 Å². The normalized spacial score (nSPS) is 18.3. The zero-order valence-electron chi connectivity index (χ0n) is 12.9. The van der Waals surface area contributed by atoms with Gasteiger partial charge < -0.3 is 5.32 Å². The second kappa shape index (κ2) is 6.34. The summed E-state index contributed by atoms with van der Waals surface area (Å²) in [6.07, 6.45) is 7.01. The smallest absolute Gasteiger partial charge is 0.0753 e. The standard InChI is InChI=1S/C19H20N4/c1-2-6-14(7-3-1)19(18-8-4-5-11-20-18)22-16-9-10-17-15(12-16)13-21-23-17/h1-8,11,13,16,19,22H,9-10,12H2,(H,21,23)/t16-,19+/m1/s1. The van der Waals surface area contributed by atoms with Gasteiger partial charge in [0, 0.05) is 17.9 Å². The molecule has 0 bridgehead atoms. The number of H-pyrrole nitrogens is 1. The minimum absolute atomic E-state index is 0.121. The number of pyridine rings is 1. The predicted molar refractivity (Wildman–Crippen MR) is 90.1 cm³/mol. The summed E-state index contributed by atoms with van der Waals surface area (Å²) in [4.78, 5) is 4.57. The lowest BCUT2D eigenvalue weighted by Crippen LogP contribution is -2.37. The van der Waals surface area contributed by atoms with Crippen molar-refractivity contribution < 1.29 is 0 Å². The number of aromatic amines is 1. The Morgan fingerprint density at radius 2 is 1.96 bits per heavy atom. The Bertz CT molecular complexity index is 712. The molecule has 3 aromatic rings. The first-order valence-electron chi connectivity index (χ1n) is 8.13. The molecule has 0 spiro atoms. The van der Waals surface area contributed by atoms with E-state index in [0.717, 1.165) is 25.0 Å². The van der Waals surface area contributed by atoms with Crippen molar-refractivity contribution in [3.05, 3.63) is 83.4 Å². The lowest BCUT2D eigenvalue weighted by Gasteiger charge is -2.28. The highest BCUT2D eigenvalue weighted by atomic mass is 15.1. The van der Waals surface area contributed by atoms with Crippen LogP contribution in [0.2, 0.25) is 0 Å². The molecule has 1 aromatic carbocycles. The Morgan fingerprint density at radius 3 is 2.78 bits per heavy atom. The summed E-state index contributed by atoms with van der Waals surface area (Å²) in [6.45, 7) is 0. The van der Waals surface area contributed by atoms with E-state index in [1.807, 2.05) is 18.5 Å². The lowest BCUT2D eigenvalue weighted by molar-refractivity contribution is 0.421. The van der Waals surface area contributed by atoms with E-state index in [1.54, 1.807) is 0 Å². The van der Waals surface area contributed by atoms with Gasteiger partial charge in [0.2, 0.25) is 0 Å². The second-order valence-corrected chi connectivity index (χ2v) is 6.08. The molecule has 2 heterocycles. The largest absolute Gasteiger partial charge is 0.302 e. The fraction of sp³-hybridized carbons (Fsp3) is 0.263. The summed E-state index contributed by atoms with van der Waals surface area (Å²) in [6, 6.07) is 17.2. The van der Waals surface area contributed by atoms with E-state index in [-0.39, 0.29) is 6.04 Å². The molecule has 116 valence electrons. The summed E-state index contributed by atoms with van der Waals surface area (Å²) in [5.41, 5.74) is 4.94. The van der Waals surface area contributed by atoms with Gasteiger partial charge in [-0.25, -0.2) is 0 Å². The summed E-state index contributed by atoms with van der Waals surface area (Å²) < 4.78 is 0. The molecule has 0 saturated carbocycles. The molecule has 0 aliphatic heterocycles. The third-order valence-electron chi connectivity index (χ3n) is 4.54. The monoisotopic (exact) mass is 304 g/mol. The van der Waals surface area contributed by atoms with Crippen molar-refractivity contribution >= 4 is 0 Å². The molecule has 0 unspecified atom stereocenters. The highest BCUT2D eigenvalue weighted by Gasteiger charge is 2.24. The van der Waals surface area contributed by atoms with Gasteiger partial charge in [0.05, 0.1) is 17.9 Å². The van der Waals surface area contributed by atoms with Crippen molar-refractivity contribution in [2.45, 2.75) is 31.3 Å². The molecule has 2 N–H and O–H groups in total. The van der Waals surface area contributed by atoms with Crippen LogP contribution in [0.25, 0.3) is 0 Å². The summed E-state index contributed by atoms with van der Waals surface area (Å²) in [7, 11) is 0. The summed E-state index contributed by atoms with van der Waals surface area (Å²) in [5.74, 6) is 0. The third-order valence-corrected chi connectivity index (χ3v) is 4.54. The van der Waals surface area contributed by atoms with Crippen molar-refractivity contribution in [2.24, 2.45) is 0 Å². The van der Waals surface area contributed by atoms with Crippen LogP contribution in [0.1, 0.15) is 35.0 Å². The molecule has 4 heteroatoms. The van der Waals surface area contributed by atoms with Gasteiger partial charge in [-0.15, -0.1) is 0 Å². The Morgan fingerprint density at radius 1 is 1.09 bits per heavy atom.